The standard InChI is InChI=1S/C23H25N5O4S/c1-15(29)26-21(12-16-14-25-20-9-3-2-8-19(16)20)23(30)27-17-6-4-7-18(13-17)33(31,32)28-22-10-5-11-24-22/h2-4,6-9,13-14,21,25H,5,10-12H2,1H3,(H,24,28)(H,26,29)(H,27,30). The van der Waals surface area contributed by atoms with Gasteiger partial charge in [-0.3, -0.25) is 19.3 Å². The molecule has 10 heteroatoms. The van der Waals surface area contributed by atoms with E-state index in [1.165, 1.54) is 19.1 Å². The molecule has 0 spiro atoms. The van der Waals surface area contributed by atoms with Crippen LogP contribution in [0, 0.1) is 0 Å². The molecule has 1 aromatic heterocycles. The first-order valence-corrected chi connectivity index (χ1v) is 12.1. The third-order valence-corrected chi connectivity index (χ3v) is 6.71. The Morgan fingerprint density at radius 3 is 2.73 bits per heavy atom. The number of H-pyrrole nitrogens is 1. The molecule has 1 aliphatic heterocycles. The minimum atomic E-state index is -3.81. The molecule has 0 radical (unpaired) electrons. The summed E-state index contributed by atoms with van der Waals surface area (Å²) in [5.41, 5.74) is 2.13. The van der Waals surface area contributed by atoms with Crippen LogP contribution in [0.25, 0.3) is 10.9 Å². The Morgan fingerprint density at radius 1 is 1.15 bits per heavy atom. The summed E-state index contributed by atoms with van der Waals surface area (Å²) in [5.74, 6) is -0.347. The number of nitrogens with one attached hydrogen (secondary N) is 4. The SMILES string of the molecule is CC(=O)NC(Cc1c[nH]c2ccccc12)C(=O)Nc1cccc(S(=O)(=O)NC2=NCCC2)c1. The number of benzene rings is 2. The fraction of sp³-hybridized carbons (Fsp3) is 0.261. The van der Waals surface area contributed by atoms with Crippen molar-refractivity contribution in [3.63, 3.8) is 0 Å². The maximum absolute atomic E-state index is 13.0. The number of amides is 2. The second-order valence-corrected chi connectivity index (χ2v) is 9.55. The lowest BCUT2D eigenvalue weighted by Gasteiger charge is -2.18. The van der Waals surface area contributed by atoms with E-state index in [2.05, 4.69) is 25.3 Å². The van der Waals surface area contributed by atoms with Crippen LogP contribution in [0.2, 0.25) is 0 Å². The third-order valence-electron chi connectivity index (χ3n) is 5.33. The molecule has 2 amide bonds. The van der Waals surface area contributed by atoms with E-state index in [1.54, 1.807) is 12.1 Å². The highest BCUT2D eigenvalue weighted by Crippen LogP contribution is 2.21. The number of sulfonamides is 1. The average Bonchev–Trinajstić information content (AvgIpc) is 3.43. The molecule has 0 fully saturated rings. The van der Waals surface area contributed by atoms with E-state index < -0.39 is 22.0 Å². The minimum Gasteiger partial charge on any atom is -0.361 e. The number of aliphatic imine (C=N–C) groups is 1. The van der Waals surface area contributed by atoms with E-state index in [0.717, 1.165) is 22.9 Å². The van der Waals surface area contributed by atoms with Crippen LogP contribution in [0.4, 0.5) is 5.69 Å². The first-order chi connectivity index (χ1) is 15.8. The van der Waals surface area contributed by atoms with Gasteiger partial charge in [-0.1, -0.05) is 24.3 Å². The van der Waals surface area contributed by atoms with Crippen molar-refractivity contribution < 1.29 is 18.0 Å². The second kappa shape index (κ2) is 9.45. The summed E-state index contributed by atoms with van der Waals surface area (Å²) in [5, 5.41) is 6.38. The van der Waals surface area contributed by atoms with E-state index in [9.17, 15) is 18.0 Å². The molecule has 9 nitrogen and oxygen atoms in total. The lowest BCUT2D eigenvalue weighted by molar-refractivity contribution is -0.125. The number of amidine groups is 1. The van der Waals surface area contributed by atoms with Crippen LogP contribution in [0.1, 0.15) is 25.3 Å². The minimum absolute atomic E-state index is 0.0163. The Labute approximate surface area is 191 Å². The van der Waals surface area contributed by atoms with Gasteiger partial charge < -0.3 is 15.6 Å². The first-order valence-electron chi connectivity index (χ1n) is 10.6. The quantitative estimate of drug-likeness (QED) is 0.424. The van der Waals surface area contributed by atoms with Crippen molar-refractivity contribution in [1.82, 2.24) is 15.0 Å². The van der Waals surface area contributed by atoms with Crippen LogP contribution in [-0.4, -0.2) is 43.6 Å². The number of aromatic amines is 1. The molecule has 33 heavy (non-hydrogen) atoms. The van der Waals surface area contributed by atoms with Crippen molar-refractivity contribution >= 4 is 44.3 Å². The zero-order chi connectivity index (χ0) is 23.4. The summed E-state index contributed by atoms with van der Waals surface area (Å²) in [6, 6.07) is 12.8. The molecule has 4 N–H and O–H groups in total. The number of para-hydroxylation sites is 1. The summed E-state index contributed by atoms with van der Waals surface area (Å²) in [6.07, 6.45) is 3.49. The highest BCUT2D eigenvalue weighted by Gasteiger charge is 2.23. The third kappa shape index (κ3) is 5.40. The van der Waals surface area contributed by atoms with Crippen LogP contribution < -0.4 is 15.4 Å². The maximum Gasteiger partial charge on any atom is 0.262 e. The lowest BCUT2D eigenvalue weighted by Crippen LogP contribution is -2.44. The molecule has 1 aliphatic rings. The first kappa shape index (κ1) is 22.5. The Kier molecular flexibility index (Phi) is 6.45. The molecular weight excluding hydrogens is 442 g/mol. The molecule has 0 aliphatic carbocycles. The molecule has 1 atom stereocenters. The number of carbonyl (C=O) groups is 2. The number of aromatic nitrogens is 1. The zero-order valence-electron chi connectivity index (χ0n) is 18.1. The fourth-order valence-electron chi connectivity index (χ4n) is 3.78. The second-order valence-electron chi connectivity index (χ2n) is 7.87. The van der Waals surface area contributed by atoms with Crippen molar-refractivity contribution in [1.29, 1.82) is 0 Å². The zero-order valence-corrected chi connectivity index (χ0v) is 18.9. The maximum atomic E-state index is 13.0. The molecule has 2 aromatic carbocycles. The average molecular weight is 468 g/mol. The van der Waals surface area contributed by atoms with E-state index >= 15 is 0 Å². The van der Waals surface area contributed by atoms with E-state index in [1.807, 2.05) is 30.5 Å². The Bertz CT molecular complexity index is 1330. The largest absolute Gasteiger partial charge is 0.361 e. The molecule has 0 saturated heterocycles. The summed E-state index contributed by atoms with van der Waals surface area (Å²) in [7, 11) is -3.81. The van der Waals surface area contributed by atoms with Gasteiger partial charge >= 0.3 is 0 Å². The van der Waals surface area contributed by atoms with Crippen LogP contribution >= 0.6 is 0 Å². The number of hydrogen-bond donors (Lipinski definition) is 4. The molecular formula is C23H25N5O4S. The van der Waals surface area contributed by atoms with Crippen molar-refractivity contribution in [2.24, 2.45) is 4.99 Å². The van der Waals surface area contributed by atoms with Crippen LogP contribution in [0.15, 0.2) is 64.6 Å². The lowest BCUT2D eigenvalue weighted by atomic mass is 10.0. The molecule has 3 aromatic rings. The number of rotatable bonds is 7. The van der Waals surface area contributed by atoms with E-state index in [4.69, 9.17) is 0 Å². The summed E-state index contributed by atoms with van der Waals surface area (Å²) in [4.78, 5) is 32.1. The van der Waals surface area contributed by atoms with Crippen molar-refractivity contribution in [3.05, 3.63) is 60.3 Å². The summed E-state index contributed by atoms with van der Waals surface area (Å²) in [6.45, 7) is 1.95. The van der Waals surface area contributed by atoms with E-state index in [0.29, 0.717) is 24.5 Å². The Hall–Kier alpha value is -3.66. The van der Waals surface area contributed by atoms with Gasteiger partial charge in [-0.15, -0.1) is 0 Å². The van der Waals surface area contributed by atoms with Gasteiger partial charge in [0, 0.05) is 49.1 Å². The molecule has 1 unspecified atom stereocenters. The highest BCUT2D eigenvalue weighted by molar-refractivity contribution is 7.90. The Balaban J connectivity index is 1.52. The molecule has 0 bridgehead atoms. The van der Waals surface area contributed by atoms with Gasteiger partial charge in [-0.25, -0.2) is 8.42 Å². The van der Waals surface area contributed by atoms with E-state index in [-0.39, 0.29) is 17.2 Å². The van der Waals surface area contributed by atoms with Gasteiger partial charge in [-0.2, -0.15) is 0 Å². The Morgan fingerprint density at radius 2 is 1.97 bits per heavy atom. The summed E-state index contributed by atoms with van der Waals surface area (Å²) >= 11 is 0. The predicted octanol–water partition coefficient (Wildman–Crippen LogP) is 2.32. The number of fused-ring (bicyclic) bond motifs is 1. The molecule has 2 heterocycles. The van der Waals surface area contributed by atoms with Crippen molar-refractivity contribution in [3.8, 4) is 0 Å². The fourth-order valence-corrected chi connectivity index (χ4v) is 4.92. The van der Waals surface area contributed by atoms with Gasteiger partial charge in [0.1, 0.15) is 11.9 Å². The van der Waals surface area contributed by atoms with Crippen LogP contribution in [0.3, 0.4) is 0 Å². The number of hydrogen-bond acceptors (Lipinski definition) is 5. The van der Waals surface area contributed by atoms with Gasteiger partial charge in [0.25, 0.3) is 10.0 Å². The van der Waals surface area contributed by atoms with Gasteiger partial charge in [0.05, 0.1) is 4.90 Å². The monoisotopic (exact) mass is 467 g/mol. The van der Waals surface area contributed by atoms with Gasteiger partial charge in [-0.05, 0) is 36.2 Å². The molecule has 172 valence electrons. The molecule has 0 saturated carbocycles. The van der Waals surface area contributed by atoms with Gasteiger partial charge in [0.2, 0.25) is 11.8 Å². The van der Waals surface area contributed by atoms with Crippen molar-refractivity contribution in [2.75, 3.05) is 11.9 Å². The normalized spacial score (nSPS) is 14.5. The van der Waals surface area contributed by atoms with Crippen LogP contribution in [0.5, 0.6) is 0 Å². The highest BCUT2D eigenvalue weighted by atomic mass is 32.2. The smallest absolute Gasteiger partial charge is 0.262 e. The number of carbonyl (C=O) groups excluding carboxylic acids is 2. The van der Waals surface area contributed by atoms with Crippen molar-refractivity contribution in [2.45, 2.75) is 37.1 Å². The number of anilines is 1. The van der Waals surface area contributed by atoms with Gasteiger partial charge in [0.15, 0.2) is 0 Å². The van der Waals surface area contributed by atoms with Crippen LogP contribution in [-0.2, 0) is 26.0 Å². The molecule has 4 rings (SSSR count). The number of nitrogens with zero attached hydrogens (tertiary/aromatic N) is 1. The summed E-state index contributed by atoms with van der Waals surface area (Å²) < 4.78 is 27.8. The predicted molar refractivity (Wildman–Crippen MR) is 127 cm³/mol. The topological polar surface area (TPSA) is 133 Å².